The number of rotatable bonds is 5. The molecule has 0 spiro atoms. The van der Waals surface area contributed by atoms with Crippen molar-refractivity contribution in [3.63, 3.8) is 0 Å². The van der Waals surface area contributed by atoms with Gasteiger partial charge in [0.15, 0.2) is 5.37 Å². The van der Waals surface area contributed by atoms with E-state index in [0.717, 1.165) is 16.2 Å². The number of allylic oxidation sites excluding steroid dienone is 1. The van der Waals surface area contributed by atoms with Crippen molar-refractivity contribution in [1.82, 2.24) is 14.7 Å². The Morgan fingerprint density at radius 1 is 1.50 bits per heavy atom. The molecule has 0 saturated heterocycles. The smallest absolute Gasteiger partial charge is 0.250 e. The van der Waals surface area contributed by atoms with Gasteiger partial charge in [0.1, 0.15) is 6.07 Å². The fraction of sp³-hybridized carbons (Fsp3) is 0.278. The summed E-state index contributed by atoms with van der Waals surface area (Å²) in [6.07, 6.45) is 3.85. The molecule has 1 unspecified atom stereocenters. The number of primary amides is 1. The lowest BCUT2D eigenvalue weighted by Crippen LogP contribution is -2.43. The number of carbonyl (C=O) groups is 1. The van der Waals surface area contributed by atoms with Crippen molar-refractivity contribution in [1.29, 1.82) is 5.26 Å². The summed E-state index contributed by atoms with van der Waals surface area (Å²) in [7, 11) is 0. The second kappa shape index (κ2) is 7.44. The zero-order chi connectivity index (χ0) is 18.8. The molecule has 2 aromatic rings. The molecule has 1 aromatic heterocycles. The average Bonchev–Trinajstić information content (AvgIpc) is 3.21. The van der Waals surface area contributed by atoms with Gasteiger partial charge in [0.25, 0.3) is 5.91 Å². The molecule has 3 rings (SSSR count). The number of nitrogens with zero attached hydrogens (tertiary/aromatic N) is 4. The zero-order valence-electron chi connectivity index (χ0n) is 14.4. The van der Waals surface area contributed by atoms with Gasteiger partial charge < -0.3 is 10.6 Å². The Balaban J connectivity index is 1.75. The Kier molecular flexibility index (Phi) is 5.25. The van der Waals surface area contributed by atoms with E-state index in [1.54, 1.807) is 12.1 Å². The number of halogens is 1. The van der Waals surface area contributed by atoms with Crippen LogP contribution < -0.4 is 5.73 Å². The van der Waals surface area contributed by atoms with E-state index in [-0.39, 0.29) is 17.3 Å². The predicted octanol–water partition coefficient (Wildman–Crippen LogP) is 3.19. The van der Waals surface area contributed by atoms with Gasteiger partial charge in [-0.3, -0.25) is 9.48 Å². The minimum atomic E-state index is -0.377. The molecule has 1 aliphatic heterocycles. The molecule has 6 nitrogen and oxygen atoms in total. The van der Waals surface area contributed by atoms with E-state index < -0.39 is 0 Å². The standard InChI is InChI=1S/C18H18ClN5OS/c1-11(24-10-12(2)26-18(24)17(21)25)9-23-6-5-16(22-23)13-3-4-14(8-20)15(19)7-13/h3-7,10-11,18H,9H2,1-2H3,(H2,21,25)/t11?,18-/m1/s1. The van der Waals surface area contributed by atoms with Crippen LogP contribution in [0.15, 0.2) is 41.6 Å². The molecule has 1 aliphatic rings. The minimum absolute atomic E-state index is 0.0507. The number of aromatic nitrogens is 2. The molecule has 2 atom stereocenters. The molecular formula is C18H18ClN5OS. The summed E-state index contributed by atoms with van der Waals surface area (Å²) in [5.41, 5.74) is 7.57. The Bertz CT molecular complexity index is 917. The minimum Gasteiger partial charge on any atom is -0.367 e. The van der Waals surface area contributed by atoms with Gasteiger partial charge in [0, 0.05) is 28.9 Å². The highest BCUT2D eigenvalue weighted by Crippen LogP contribution is 2.33. The highest BCUT2D eigenvalue weighted by molar-refractivity contribution is 8.04. The number of nitrogens with two attached hydrogens (primary N) is 1. The number of amides is 1. The molecule has 1 amide bonds. The molecule has 1 aromatic carbocycles. The summed E-state index contributed by atoms with van der Waals surface area (Å²) >= 11 is 7.57. The van der Waals surface area contributed by atoms with Gasteiger partial charge in [0.2, 0.25) is 0 Å². The maximum atomic E-state index is 11.7. The van der Waals surface area contributed by atoms with E-state index in [2.05, 4.69) is 5.10 Å². The molecule has 0 radical (unpaired) electrons. The molecule has 2 N–H and O–H groups in total. The van der Waals surface area contributed by atoms with E-state index in [1.807, 2.05) is 54.0 Å². The molecule has 0 fully saturated rings. The van der Waals surface area contributed by atoms with Crippen molar-refractivity contribution in [2.75, 3.05) is 0 Å². The second-order valence-electron chi connectivity index (χ2n) is 6.14. The van der Waals surface area contributed by atoms with E-state index in [4.69, 9.17) is 22.6 Å². The van der Waals surface area contributed by atoms with E-state index >= 15 is 0 Å². The number of carbonyl (C=O) groups excluding carboxylic acids is 1. The second-order valence-corrected chi connectivity index (χ2v) is 7.87. The third kappa shape index (κ3) is 3.71. The van der Waals surface area contributed by atoms with Crippen LogP contribution in [-0.4, -0.2) is 32.0 Å². The summed E-state index contributed by atoms with van der Waals surface area (Å²) in [5.74, 6) is -0.344. The first-order valence-electron chi connectivity index (χ1n) is 8.04. The van der Waals surface area contributed by atoms with Gasteiger partial charge in [-0.15, -0.1) is 0 Å². The SMILES string of the molecule is CC1=CN(C(C)Cn2ccc(-c3ccc(C#N)c(Cl)c3)n2)[C@@H](C(N)=O)S1. The van der Waals surface area contributed by atoms with Crippen molar-refractivity contribution >= 4 is 29.3 Å². The van der Waals surface area contributed by atoms with E-state index in [1.165, 1.54) is 11.8 Å². The molecule has 26 heavy (non-hydrogen) atoms. The van der Waals surface area contributed by atoms with Crippen molar-refractivity contribution in [3.8, 4) is 17.3 Å². The highest BCUT2D eigenvalue weighted by atomic mass is 35.5. The average molecular weight is 388 g/mol. The lowest BCUT2D eigenvalue weighted by atomic mass is 10.1. The Morgan fingerprint density at radius 3 is 2.92 bits per heavy atom. The van der Waals surface area contributed by atoms with Crippen LogP contribution in [0.25, 0.3) is 11.3 Å². The number of hydrogen-bond donors (Lipinski definition) is 1. The monoisotopic (exact) mass is 387 g/mol. The van der Waals surface area contributed by atoms with E-state index in [0.29, 0.717) is 17.1 Å². The van der Waals surface area contributed by atoms with Crippen molar-refractivity contribution in [2.45, 2.75) is 31.8 Å². The van der Waals surface area contributed by atoms with Crippen molar-refractivity contribution < 1.29 is 4.79 Å². The summed E-state index contributed by atoms with van der Waals surface area (Å²) in [6, 6.07) is 9.25. The van der Waals surface area contributed by atoms with Crippen LogP contribution in [0.4, 0.5) is 0 Å². The van der Waals surface area contributed by atoms with Crippen LogP contribution in [0.2, 0.25) is 5.02 Å². The first kappa shape index (κ1) is 18.4. The zero-order valence-corrected chi connectivity index (χ0v) is 16.0. The fourth-order valence-corrected chi connectivity index (χ4v) is 4.12. The Hall–Kier alpha value is -2.43. The summed E-state index contributed by atoms with van der Waals surface area (Å²) in [5, 5.41) is 13.6. The molecule has 0 bridgehead atoms. The number of benzene rings is 1. The van der Waals surface area contributed by atoms with Crippen LogP contribution in [-0.2, 0) is 11.3 Å². The third-order valence-electron chi connectivity index (χ3n) is 4.13. The van der Waals surface area contributed by atoms with E-state index in [9.17, 15) is 4.79 Å². The van der Waals surface area contributed by atoms with Crippen LogP contribution in [0.3, 0.4) is 0 Å². The number of hydrogen-bond acceptors (Lipinski definition) is 5. The van der Waals surface area contributed by atoms with Gasteiger partial charge in [-0.25, -0.2) is 0 Å². The summed E-state index contributed by atoms with van der Waals surface area (Å²) in [4.78, 5) is 14.7. The van der Waals surface area contributed by atoms with Crippen molar-refractivity contribution in [3.05, 3.63) is 52.2 Å². The van der Waals surface area contributed by atoms with Gasteiger partial charge >= 0.3 is 0 Å². The quantitative estimate of drug-likeness (QED) is 0.851. The van der Waals surface area contributed by atoms with Crippen molar-refractivity contribution in [2.24, 2.45) is 5.73 Å². The molecule has 8 heteroatoms. The van der Waals surface area contributed by atoms with Crippen LogP contribution in [0.1, 0.15) is 19.4 Å². The first-order chi connectivity index (χ1) is 12.4. The number of thioether (sulfide) groups is 1. The topological polar surface area (TPSA) is 87.9 Å². The highest BCUT2D eigenvalue weighted by Gasteiger charge is 2.31. The first-order valence-corrected chi connectivity index (χ1v) is 9.30. The van der Waals surface area contributed by atoms with Gasteiger partial charge in [-0.1, -0.05) is 29.4 Å². The molecule has 134 valence electrons. The maximum absolute atomic E-state index is 11.7. The maximum Gasteiger partial charge on any atom is 0.250 e. The number of nitriles is 1. The predicted molar refractivity (Wildman–Crippen MR) is 103 cm³/mol. The van der Waals surface area contributed by atoms with Crippen LogP contribution in [0.5, 0.6) is 0 Å². The fourth-order valence-electron chi connectivity index (χ4n) is 2.86. The molecular weight excluding hydrogens is 370 g/mol. The summed E-state index contributed by atoms with van der Waals surface area (Å²) < 4.78 is 1.83. The largest absolute Gasteiger partial charge is 0.367 e. The third-order valence-corrected chi connectivity index (χ3v) is 5.62. The Labute approximate surface area is 161 Å². The normalized spacial score (nSPS) is 17.7. The van der Waals surface area contributed by atoms with Crippen LogP contribution >= 0.6 is 23.4 Å². The molecule has 2 heterocycles. The van der Waals surface area contributed by atoms with Crippen LogP contribution in [0, 0.1) is 11.3 Å². The van der Waals surface area contributed by atoms with Gasteiger partial charge in [-0.05, 0) is 32.0 Å². The molecule has 0 aliphatic carbocycles. The molecule has 0 saturated carbocycles. The van der Waals surface area contributed by atoms with Gasteiger partial charge in [0.05, 0.1) is 22.8 Å². The lowest BCUT2D eigenvalue weighted by Gasteiger charge is -2.28. The lowest BCUT2D eigenvalue weighted by molar-refractivity contribution is -0.120. The Morgan fingerprint density at radius 2 is 2.27 bits per heavy atom. The summed E-state index contributed by atoms with van der Waals surface area (Å²) in [6.45, 7) is 4.61. The van der Waals surface area contributed by atoms with Gasteiger partial charge in [-0.2, -0.15) is 10.4 Å².